The maximum atomic E-state index is 9.47. The van der Waals surface area contributed by atoms with E-state index in [0.717, 1.165) is 57.4 Å². The predicted octanol–water partition coefficient (Wildman–Crippen LogP) is 3.29. The van der Waals surface area contributed by atoms with Crippen LogP contribution in [0.5, 0.6) is 0 Å². The van der Waals surface area contributed by atoms with Crippen LogP contribution >= 0.6 is 0 Å². The molecule has 1 unspecified atom stereocenters. The Labute approximate surface area is 123 Å². The first-order valence-electron chi connectivity index (χ1n) is 7.87. The Hall–Kier alpha value is -1.34. The van der Waals surface area contributed by atoms with E-state index in [9.17, 15) is 5.26 Å². The number of nitriles is 1. The van der Waals surface area contributed by atoms with Crippen LogP contribution in [0.15, 0.2) is 12.4 Å². The van der Waals surface area contributed by atoms with Crippen LogP contribution in [0.1, 0.15) is 58.7 Å². The lowest BCUT2D eigenvalue weighted by molar-refractivity contribution is 0.354. The first kappa shape index (κ1) is 16.7. The van der Waals surface area contributed by atoms with Gasteiger partial charge in [0.05, 0.1) is 6.07 Å². The molecule has 1 atom stereocenters. The average Bonchev–Trinajstić information content (AvgIpc) is 2.91. The number of aromatic nitrogens is 2. The molecular formula is C16H28N4. The van der Waals surface area contributed by atoms with Crippen molar-refractivity contribution in [2.75, 3.05) is 6.54 Å². The van der Waals surface area contributed by atoms with E-state index in [1.54, 1.807) is 0 Å². The number of hydrogen-bond donors (Lipinski definition) is 1. The summed E-state index contributed by atoms with van der Waals surface area (Å²) in [5, 5.41) is 12.9. The molecule has 0 saturated carbocycles. The van der Waals surface area contributed by atoms with Crippen LogP contribution in [0.3, 0.4) is 0 Å². The third kappa shape index (κ3) is 4.64. The van der Waals surface area contributed by atoms with Gasteiger partial charge in [0.25, 0.3) is 0 Å². The predicted molar refractivity (Wildman–Crippen MR) is 82.4 cm³/mol. The first-order valence-corrected chi connectivity index (χ1v) is 7.87. The van der Waals surface area contributed by atoms with Crippen molar-refractivity contribution in [2.24, 2.45) is 0 Å². The highest BCUT2D eigenvalue weighted by molar-refractivity contribution is 5.06. The summed E-state index contributed by atoms with van der Waals surface area (Å²) in [6, 6.07) is 2.48. The molecule has 0 radical (unpaired) electrons. The molecule has 0 aliphatic carbocycles. The average molecular weight is 276 g/mol. The van der Waals surface area contributed by atoms with Gasteiger partial charge in [-0.1, -0.05) is 20.8 Å². The highest BCUT2D eigenvalue weighted by atomic mass is 15.1. The van der Waals surface area contributed by atoms with E-state index in [4.69, 9.17) is 0 Å². The van der Waals surface area contributed by atoms with E-state index >= 15 is 0 Å². The normalized spacial score (nSPS) is 13.9. The van der Waals surface area contributed by atoms with E-state index in [1.807, 2.05) is 12.4 Å². The molecule has 0 fully saturated rings. The highest BCUT2D eigenvalue weighted by Gasteiger charge is 2.26. The van der Waals surface area contributed by atoms with Crippen LogP contribution < -0.4 is 5.32 Å². The van der Waals surface area contributed by atoms with Crippen LogP contribution in [-0.4, -0.2) is 21.6 Å². The van der Waals surface area contributed by atoms with Gasteiger partial charge in [0, 0.05) is 25.4 Å². The number of nitrogens with one attached hydrogen (secondary N) is 1. The van der Waals surface area contributed by atoms with Crippen LogP contribution in [-0.2, 0) is 13.0 Å². The molecule has 4 nitrogen and oxygen atoms in total. The van der Waals surface area contributed by atoms with Gasteiger partial charge < -0.3 is 4.57 Å². The van der Waals surface area contributed by atoms with Crippen LogP contribution in [0.2, 0.25) is 0 Å². The lowest BCUT2D eigenvalue weighted by Crippen LogP contribution is -2.43. The van der Waals surface area contributed by atoms with Crippen molar-refractivity contribution >= 4 is 0 Å². The molecule has 0 saturated heterocycles. The molecule has 112 valence electrons. The van der Waals surface area contributed by atoms with E-state index < -0.39 is 0 Å². The van der Waals surface area contributed by atoms with Gasteiger partial charge in [0.2, 0.25) is 0 Å². The second-order valence-electron chi connectivity index (χ2n) is 5.36. The summed E-state index contributed by atoms with van der Waals surface area (Å²) in [4.78, 5) is 4.39. The molecule has 0 spiro atoms. The lowest BCUT2D eigenvalue weighted by Gasteiger charge is -2.26. The van der Waals surface area contributed by atoms with Crippen molar-refractivity contribution in [1.82, 2.24) is 14.9 Å². The highest BCUT2D eigenvalue weighted by Crippen LogP contribution is 2.18. The summed E-state index contributed by atoms with van der Waals surface area (Å²) in [6.07, 6.45) is 9.88. The molecule has 0 amide bonds. The monoisotopic (exact) mass is 276 g/mol. The maximum absolute atomic E-state index is 9.47. The zero-order chi connectivity index (χ0) is 14.8. The van der Waals surface area contributed by atoms with Crippen LogP contribution in [0.25, 0.3) is 0 Å². The molecule has 0 aliphatic heterocycles. The minimum atomic E-state index is -0.360. The van der Waals surface area contributed by atoms with Crippen molar-refractivity contribution < 1.29 is 0 Å². The largest absolute Gasteiger partial charge is 0.335 e. The summed E-state index contributed by atoms with van der Waals surface area (Å²) in [5.74, 6) is 1.16. The molecule has 1 N–H and O–H groups in total. The molecule has 4 heteroatoms. The van der Waals surface area contributed by atoms with Crippen LogP contribution in [0.4, 0.5) is 0 Å². The summed E-state index contributed by atoms with van der Waals surface area (Å²) in [6.45, 7) is 8.25. The van der Waals surface area contributed by atoms with Crippen LogP contribution in [0, 0.1) is 11.3 Å². The van der Waals surface area contributed by atoms with E-state index in [-0.39, 0.29) is 5.54 Å². The standard InChI is InChI=1S/C16H28N4/c1-4-8-15-18-11-13-20(15)12-7-9-16(6-3,14-17)19-10-5-2/h11,13,19H,4-10,12H2,1-3H3. The van der Waals surface area contributed by atoms with Crippen molar-refractivity contribution in [3.05, 3.63) is 18.2 Å². The van der Waals surface area contributed by atoms with E-state index in [1.165, 1.54) is 0 Å². The molecule has 20 heavy (non-hydrogen) atoms. The van der Waals surface area contributed by atoms with E-state index in [0.29, 0.717) is 0 Å². The number of imidazole rings is 1. The van der Waals surface area contributed by atoms with Gasteiger partial charge in [-0.15, -0.1) is 0 Å². The number of hydrogen-bond acceptors (Lipinski definition) is 3. The Morgan fingerprint density at radius 3 is 2.75 bits per heavy atom. The molecule has 0 aliphatic rings. The smallest absolute Gasteiger partial charge is 0.108 e. The first-order chi connectivity index (χ1) is 9.71. The summed E-state index contributed by atoms with van der Waals surface area (Å²) < 4.78 is 2.22. The molecule has 0 aromatic carbocycles. The number of aryl methyl sites for hydroxylation is 2. The van der Waals surface area contributed by atoms with Gasteiger partial charge in [0.1, 0.15) is 11.4 Å². The van der Waals surface area contributed by atoms with Gasteiger partial charge in [0.15, 0.2) is 0 Å². The molecule has 1 heterocycles. The zero-order valence-electron chi connectivity index (χ0n) is 13.2. The van der Waals surface area contributed by atoms with Crippen molar-refractivity contribution in [3.8, 4) is 6.07 Å². The third-order valence-electron chi connectivity index (χ3n) is 3.81. The van der Waals surface area contributed by atoms with Crippen molar-refractivity contribution in [1.29, 1.82) is 5.26 Å². The van der Waals surface area contributed by atoms with Gasteiger partial charge in [-0.05, 0) is 38.6 Å². The Bertz CT molecular complexity index is 418. The fourth-order valence-corrected chi connectivity index (χ4v) is 2.48. The Morgan fingerprint density at radius 1 is 1.35 bits per heavy atom. The quantitative estimate of drug-likeness (QED) is 0.713. The van der Waals surface area contributed by atoms with E-state index in [2.05, 4.69) is 41.7 Å². The Kier molecular flexibility index (Phi) is 7.32. The fraction of sp³-hybridized carbons (Fsp3) is 0.750. The summed E-state index contributed by atoms with van der Waals surface area (Å²) in [5.41, 5.74) is -0.360. The van der Waals surface area contributed by atoms with Crippen molar-refractivity contribution in [2.45, 2.75) is 71.4 Å². The van der Waals surface area contributed by atoms with Gasteiger partial charge >= 0.3 is 0 Å². The third-order valence-corrected chi connectivity index (χ3v) is 3.81. The fourth-order valence-electron chi connectivity index (χ4n) is 2.48. The topological polar surface area (TPSA) is 53.6 Å². The second-order valence-corrected chi connectivity index (χ2v) is 5.36. The number of rotatable bonds is 10. The molecule has 1 rings (SSSR count). The Balaban J connectivity index is 2.52. The lowest BCUT2D eigenvalue weighted by atomic mass is 9.92. The minimum Gasteiger partial charge on any atom is -0.335 e. The van der Waals surface area contributed by atoms with Gasteiger partial charge in [-0.25, -0.2) is 4.98 Å². The molecular weight excluding hydrogens is 248 g/mol. The zero-order valence-corrected chi connectivity index (χ0v) is 13.2. The van der Waals surface area contributed by atoms with Gasteiger partial charge in [-0.2, -0.15) is 5.26 Å². The summed E-state index contributed by atoms with van der Waals surface area (Å²) >= 11 is 0. The maximum Gasteiger partial charge on any atom is 0.108 e. The van der Waals surface area contributed by atoms with Gasteiger partial charge in [-0.3, -0.25) is 5.32 Å². The second kappa shape index (κ2) is 8.76. The molecule has 0 bridgehead atoms. The summed E-state index contributed by atoms with van der Waals surface area (Å²) in [7, 11) is 0. The SMILES string of the molecule is CCCNC(C#N)(CC)CCCn1ccnc1CCC. The Morgan fingerprint density at radius 2 is 2.15 bits per heavy atom. The minimum absolute atomic E-state index is 0.360. The number of nitrogens with zero attached hydrogens (tertiary/aromatic N) is 3. The molecule has 1 aromatic heterocycles. The molecule has 1 aromatic rings. The van der Waals surface area contributed by atoms with Crippen molar-refractivity contribution in [3.63, 3.8) is 0 Å².